The molecule has 10 heteroatoms. The molecule has 1 amide bonds. The molecule has 5 N–H and O–H groups in total. The Balaban J connectivity index is 1.85. The maximum absolute atomic E-state index is 13.3. The van der Waals surface area contributed by atoms with Gasteiger partial charge in [-0.3, -0.25) is 9.59 Å². The standard InChI is InChI=1S/C23H22N4O6/c1-12(28)19(22(31)32)26-20(29)18(10-13-11-24-16-8-4-2-6-14(13)16)27-21(30)15-7-3-5-9-17(15)25-23(27)33/h2-9,11-12,18-19,24,28H,10H2,1H3,(H,25,33)(H,26,29)(H,31,32)/t12?,18-,19-/m0/s1. The lowest BCUT2D eigenvalue weighted by Crippen LogP contribution is -2.52. The summed E-state index contributed by atoms with van der Waals surface area (Å²) in [6, 6.07) is 10.8. The molecule has 0 spiro atoms. The number of nitrogens with zero attached hydrogens (tertiary/aromatic N) is 1. The van der Waals surface area contributed by atoms with Crippen molar-refractivity contribution in [2.75, 3.05) is 0 Å². The average molecular weight is 450 g/mol. The Morgan fingerprint density at radius 1 is 1.03 bits per heavy atom. The number of carboxylic acids is 1. The number of hydrogen-bond acceptors (Lipinski definition) is 5. The molecule has 2 aromatic heterocycles. The Bertz CT molecular complexity index is 1470. The van der Waals surface area contributed by atoms with E-state index in [1.54, 1.807) is 24.4 Å². The van der Waals surface area contributed by atoms with Crippen molar-refractivity contribution in [1.29, 1.82) is 0 Å². The van der Waals surface area contributed by atoms with E-state index in [1.807, 2.05) is 24.3 Å². The van der Waals surface area contributed by atoms with Crippen molar-refractivity contribution in [3.63, 3.8) is 0 Å². The second kappa shape index (κ2) is 8.75. The minimum atomic E-state index is -1.61. The first-order valence-electron chi connectivity index (χ1n) is 10.3. The minimum absolute atomic E-state index is 0.0661. The summed E-state index contributed by atoms with van der Waals surface area (Å²) in [4.78, 5) is 56.6. The number of carboxylic acid groups (broad SMARTS) is 1. The number of benzene rings is 2. The number of carbonyl (C=O) groups excluding carboxylic acids is 1. The fraction of sp³-hybridized carbons (Fsp3) is 0.217. The topological polar surface area (TPSA) is 157 Å². The highest BCUT2D eigenvalue weighted by Crippen LogP contribution is 2.22. The fourth-order valence-electron chi connectivity index (χ4n) is 3.91. The number of nitrogens with one attached hydrogen (secondary N) is 3. The summed E-state index contributed by atoms with van der Waals surface area (Å²) in [5.41, 5.74) is 0.302. The Hall–Kier alpha value is -4.18. The minimum Gasteiger partial charge on any atom is -0.480 e. The van der Waals surface area contributed by atoms with Gasteiger partial charge in [0.15, 0.2) is 6.04 Å². The molecule has 10 nitrogen and oxygen atoms in total. The van der Waals surface area contributed by atoms with Crippen LogP contribution in [0.4, 0.5) is 0 Å². The molecule has 33 heavy (non-hydrogen) atoms. The van der Waals surface area contributed by atoms with Crippen LogP contribution in [0.1, 0.15) is 18.5 Å². The highest BCUT2D eigenvalue weighted by molar-refractivity contribution is 5.88. The van der Waals surface area contributed by atoms with E-state index >= 15 is 0 Å². The van der Waals surface area contributed by atoms with Crippen molar-refractivity contribution in [3.05, 3.63) is 81.1 Å². The van der Waals surface area contributed by atoms with Gasteiger partial charge in [-0.2, -0.15) is 0 Å². The molecule has 3 atom stereocenters. The van der Waals surface area contributed by atoms with Crippen LogP contribution in [0, 0.1) is 0 Å². The van der Waals surface area contributed by atoms with Gasteiger partial charge in [-0.25, -0.2) is 14.2 Å². The number of hydrogen-bond donors (Lipinski definition) is 5. The van der Waals surface area contributed by atoms with Crippen molar-refractivity contribution < 1.29 is 19.8 Å². The zero-order valence-corrected chi connectivity index (χ0v) is 17.6. The highest BCUT2D eigenvalue weighted by Gasteiger charge is 2.32. The predicted octanol–water partition coefficient (Wildman–Crippen LogP) is 0.905. The van der Waals surface area contributed by atoms with E-state index in [2.05, 4.69) is 15.3 Å². The Morgan fingerprint density at radius 2 is 1.67 bits per heavy atom. The Morgan fingerprint density at radius 3 is 2.33 bits per heavy atom. The smallest absolute Gasteiger partial charge is 0.329 e. The molecule has 0 saturated carbocycles. The van der Waals surface area contributed by atoms with Crippen LogP contribution in [0.2, 0.25) is 0 Å². The fourth-order valence-corrected chi connectivity index (χ4v) is 3.91. The zero-order valence-electron chi connectivity index (χ0n) is 17.6. The van der Waals surface area contributed by atoms with Crippen LogP contribution in [-0.2, 0) is 16.0 Å². The van der Waals surface area contributed by atoms with Crippen molar-refractivity contribution in [3.8, 4) is 0 Å². The third kappa shape index (κ3) is 4.15. The second-order valence-corrected chi connectivity index (χ2v) is 7.80. The van der Waals surface area contributed by atoms with Crippen molar-refractivity contribution in [1.82, 2.24) is 19.9 Å². The average Bonchev–Trinajstić information content (AvgIpc) is 3.19. The molecule has 0 aliphatic rings. The number of aromatic nitrogens is 3. The van der Waals surface area contributed by atoms with Gasteiger partial charge < -0.3 is 25.5 Å². The number of aromatic amines is 2. The van der Waals surface area contributed by atoms with E-state index in [1.165, 1.54) is 13.0 Å². The monoisotopic (exact) mass is 450 g/mol. The molecule has 1 unspecified atom stereocenters. The highest BCUT2D eigenvalue weighted by atomic mass is 16.4. The summed E-state index contributed by atoms with van der Waals surface area (Å²) in [5, 5.41) is 22.4. The molecule has 170 valence electrons. The maximum atomic E-state index is 13.3. The molecular weight excluding hydrogens is 428 g/mol. The van der Waals surface area contributed by atoms with Gasteiger partial charge >= 0.3 is 11.7 Å². The van der Waals surface area contributed by atoms with E-state index < -0.39 is 41.3 Å². The number of para-hydroxylation sites is 2. The molecule has 4 rings (SSSR count). The lowest BCUT2D eigenvalue weighted by molar-refractivity contribution is -0.145. The molecular formula is C23H22N4O6. The van der Waals surface area contributed by atoms with Crippen molar-refractivity contribution >= 4 is 33.7 Å². The van der Waals surface area contributed by atoms with Gasteiger partial charge in [-0.05, 0) is 30.7 Å². The molecule has 0 radical (unpaired) electrons. The normalized spacial score (nSPS) is 14.1. The summed E-state index contributed by atoms with van der Waals surface area (Å²) < 4.78 is 0.792. The Labute approximate surface area is 186 Å². The number of aliphatic hydroxyl groups excluding tert-OH is 1. The molecule has 4 aromatic rings. The first-order valence-corrected chi connectivity index (χ1v) is 10.3. The number of amides is 1. The first-order chi connectivity index (χ1) is 15.8. The van der Waals surface area contributed by atoms with Crippen LogP contribution < -0.4 is 16.6 Å². The van der Waals surface area contributed by atoms with Crippen LogP contribution >= 0.6 is 0 Å². The number of H-pyrrole nitrogens is 2. The summed E-state index contributed by atoms with van der Waals surface area (Å²) in [7, 11) is 0. The van der Waals surface area contributed by atoms with E-state index in [0.717, 1.165) is 15.5 Å². The largest absolute Gasteiger partial charge is 0.480 e. The summed E-state index contributed by atoms with van der Waals surface area (Å²) in [6.07, 6.45) is 0.213. The van der Waals surface area contributed by atoms with Crippen molar-refractivity contribution in [2.45, 2.75) is 31.5 Å². The van der Waals surface area contributed by atoms with Crippen LogP contribution in [0.25, 0.3) is 21.8 Å². The third-order valence-electron chi connectivity index (χ3n) is 5.59. The van der Waals surface area contributed by atoms with Gasteiger partial charge in [-0.1, -0.05) is 30.3 Å². The van der Waals surface area contributed by atoms with E-state index in [-0.39, 0.29) is 11.8 Å². The lowest BCUT2D eigenvalue weighted by Gasteiger charge is -2.23. The van der Waals surface area contributed by atoms with Gasteiger partial charge in [0, 0.05) is 23.5 Å². The maximum Gasteiger partial charge on any atom is 0.329 e. The first kappa shape index (κ1) is 22.0. The van der Waals surface area contributed by atoms with Crippen LogP contribution in [-0.4, -0.2) is 48.8 Å². The summed E-state index contributed by atoms with van der Waals surface area (Å²) in [6.45, 7) is 1.22. The van der Waals surface area contributed by atoms with E-state index in [0.29, 0.717) is 11.1 Å². The predicted molar refractivity (Wildman–Crippen MR) is 121 cm³/mol. The van der Waals surface area contributed by atoms with Crippen LogP contribution in [0.3, 0.4) is 0 Å². The SMILES string of the molecule is CC(O)[C@H](NC(=O)[C@H](Cc1c[nH]c2ccccc12)n1c(=O)[nH]c2ccccc2c1=O)C(=O)O. The quantitative estimate of drug-likeness (QED) is 0.282. The zero-order chi connectivity index (χ0) is 23.7. The number of aliphatic carboxylic acids is 1. The third-order valence-corrected chi connectivity index (χ3v) is 5.59. The van der Waals surface area contributed by atoms with Gasteiger partial charge in [0.1, 0.15) is 6.04 Å². The number of rotatable bonds is 7. The molecule has 0 aliphatic heterocycles. The van der Waals surface area contributed by atoms with Crippen LogP contribution in [0.5, 0.6) is 0 Å². The van der Waals surface area contributed by atoms with E-state index in [4.69, 9.17) is 0 Å². The molecule has 0 bridgehead atoms. The summed E-state index contributed by atoms with van der Waals surface area (Å²) in [5.74, 6) is -2.32. The second-order valence-electron chi connectivity index (χ2n) is 7.80. The lowest BCUT2D eigenvalue weighted by atomic mass is 10.0. The number of aliphatic hydroxyl groups is 1. The molecule has 0 saturated heterocycles. The van der Waals surface area contributed by atoms with Crippen molar-refractivity contribution in [2.24, 2.45) is 0 Å². The van der Waals surface area contributed by atoms with Gasteiger partial charge in [0.05, 0.1) is 17.0 Å². The Kier molecular flexibility index (Phi) is 5.84. The van der Waals surface area contributed by atoms with E-state index in [9.17, 15) is 29.4 Å². The van der Waals surface area contributed by atoms with Crippen LogP contribution in [0.15, 0.2) is 64.3 Å². The van der Waals surface area contributed by atoms with Gasteiger partial charge in [0.25, 0.3) is 5.56 Å². The summed E-state index contributed by atoms with van der Waals surface area (Å²) >= 11 is 0. The number of carbonyl (C=O) groups is 2. The molecule has 0 fully saturated rings. The van der Waals surface area contributed by atoms with Gasteiger partial charge in [0.2, 0.25) is 5.91 Å². The molecule has 2 heterocycles. The molecule has 2 aromatic carbocycles. The van der Waals surface area contributed by atoms with Gasteiger partial charge in [-0.15, -0.1) is 0 Å². The molecule has 0 aliphatic carbocycles. The number of fused-ring (bicyclic) bond motifs is 2.